The van der Waals surface area contributed by atoms with E-state index in [2.05, 4.69) is 5.32 Å². The quantitative estimate of drug-likeness (QED) is 0.560. The molecule has 2 rings (SSSR count). The van der Waals surface area contributed by atoms with Crippen LogP contribution >= 0.6 is 11.6 Å². The zero-order chi connectivity index (χ0) is 18.2. The number of hydrogen-bond acceptors (Lipinski definition) is 4. The molecule has 5 nitrogen and oxygen atoms in total. The van der Waals surface area contributed by atoms with Crippen LogP contribution in [-0.4, -0.2) is 25.4 Å². The van der Waals surface area contributed by atoms with Crippen molar-refractivity contribution in [3.63, 3.8) is 0 Å². The summed E-state index contributed by atoms with van der Waals surface area (Å²) >= 11 is 5.88. The molecule has 0 heterocycles. The molecule has 1 amide bonds. The van der Waals surface area contributed by atoms with Crippen molar-refractivity contribution in [1.82, 2.24) is 0 Å². The molecular weight excluding hydrogens is 342 g/mol. The fraction of sp³-hybridized carbons (Fsp3) is 0.263. The number of benzene rings is 2. The lowest BCUT2D eigenvalue weighted by molar-refractivity contribution is -0.116. The molecule has 0 radical (unpaired) electrons. The van der Waals surface area contributed by atoms with E-state index < -0.39 is 0 Å². The van der Waals surface area contributed by atoms with E-state index in [-0.39, 0.29) is 11.7 Å². The standard InChI is InChI=1S/C19H20ClNO4/c1-13(22)14-8-9-17(18(11-14)24-2)25-10-4-7-19(23)21-16-6-3-5-15(20)12-16/h3,5-6,8-9,11-12H,4,7,10H2,1-2H3,(H,21,23). The van der Waals surface area contributed by atoms with Crippen molar-refractivity contribution in [3.8, 4) is 11.5 Å². The Kier molecular flexibility index (Phi) is 6.83. The molecule has 0 aliphatic rings. The molecular formula is C19H20ClNO4. The van der Waals surface area contributed by atoms with E-state index in [9.17, 15) is 9.59 Å². The summed E-state index contributed by atoms with van der Waals surface area (Å²) in [6.45, 7) is 1.85. The molecule has 0 aliphatic heterocycles. The molecule has 2 aromatic carbocycles. The summed E-state index contributed by atoms with van der Waals surface area (Å²) in [6, 6.07) is 12.0. The summed E-state index contributed by atoms with van der Waals surface area (Å²) in [5.41, 5.74) is 1.23. The molecule has 0 bridgehead atoms. The Morgan fingerprint density at radius 3 is 2.60 bits per heavy atom. The monoisotopic (exact) mass is 361 g/mol. The van der Waals surface area contributed by atoms with Gasteiger partial charge < -0.3 is 14.8 Å². The second kappa shape index (κ2) is 9.08. The van der Waals surface area contributed by atoms with E-state index >= 15 is 0 Å². The first-order valence-electron chi connectivity index (χ1n) is 7.87. The van der Waals surface area contributed by atoms with Gasteiger partial charge in [-0.25, -0.2) is 0 Å². The lowest BCUT2D eigenvalue weighted by atomic mass is 10.1. The van der Waals surface area contributed by atoms with Crippen LogP contribution < -0.4 is 14.8 Å². The van der Waals surface area contributed by atoms with Gasteiger partial charge >= 0.3 is 0 Å². The van der Waals surface area contributed by atoms with Crippen LogP contribution in [-0.2, 0) is 4.79 Å². The minimum atomic E-state index is -0.107. The maximum atomic E-state index is 11.9. The zero-order valence-corrected chi connectivity index (χ0v) is 14.9. The fourth-order valence-corrected chi connectivity index (χ4v) is 2.40. The van der Waals surface area contributed by atoms with Crippen LogP contribution in [0.5, 0.6) is 11.5 Å². The van der Waals surface area contributed by atoms with Gasteiger partial charge in [0.25, 0.3) is 0 Å². The molecule has 0 unspecified atom stereocenters. The summed E-state index contributed by atoms with van der Waals surface area (Å²) in [6.07, 6.45) is 0.865. The molecule has 0 atom stereocenters. The van der Waals surface area contributed by atoms with Gasteiger partial charge in [-0.05, 0) is 49.7 Å². The molecule has 0 spiro atoms. The van der Waals surface area contributed by atoms with Crippen molar-refractivity contribution in [3.05, 3.63) is 53.1 Å². The Hall–Kier alpha value is -2.53. The van der Waals surface area contributed by atoms with Gasteiger partial charge in [0.1, 0.15) is 0 Å². The van der Waals surface area contributed by atoms with Crippen molar-refractivity contribution in [2.24, 2.45) is 0 Å². The number of ketones is 1. The number of ether oxygens (including phenoxy) is 2. The second-order valence-corrected chi connectivity index (χ2v) is 5.87. The third-order valence-electron chi connectivity index (χ3n) is 3.48. The molecule has 0 saturated carbocycles. The van der Waals surface area contributed by atoms with Gasteiger partial charge in [0.05, 0.1) is 13.7 Å². The minimum Gasteiger partial charge on any atom is -0.493 e. The summed E-state index contributed by atoms with van der Waals surface area (Å²) < 4.78 is 10.9. The Morgan fingerprint density at radius 1 is 1.12 bits per heavy atom. The predicted molar refractivity (Wildman–Crippen MR) is 97.8 cm³/mol. The average molecular weight is 362 g/mol. The summed E-state index contributed by atoms with van der Waals surface area (Å²) in [5, 5.41) is 3.35. The van der Waals surface area contributed by atoms with Gasteiger partial charge in [0, 0.05) is 22.7 Å². The van der Waals surface area contributed by atoms with E-state index in [1.807, 2.05) is 0 Å². The highest BCUT2D eigenvalue weighted by atomic mass is 35.5. The Bertz CT molecular complexity index is 761. The first-order valence-corrected chi connectivity index (χ1v) is 8.24. The Balaban J connectivity index is 1.81. The lowest BCUT2D eigenvalue weighted by Crippen LogP contribution is -2.12. The van der Waals surface area contributed by atoms with Gasteiger partial charge in [-0.2, -0.15) is 0 Å². The van der Waals surface area contributed by atoms with E-state index in [0.29, 0.717) is 47.2 Å². The maximum absolute atomic E-state index is 11.9. The van der Waals surface area contributed by atoms with Gasteiger partial charge in [-0.1, -0.05) is 17.7 Å². The number of anilines is 1. The highest BCUT2D eigenvalue weighted by Crippen LogP contribution is 2.28. The van der Waals surface area contributed by atoms with Crippen LogP contribution in [0.15, 0.2) is 42.5 Å². The third-order valence-corrected chi connectivity index (χ3v) is 3.72. The zero-order valence-electron chi connectivity index (χ0n) is 14.2. The lowest BCUT2D eigenvalue weighted by Gasteiger charge is -2.11. The first-order chi connectivity index (χ1) is 12.0. The number of carbonyl (C=O) groups excluding carboxylic acids is 2. The summed E-state index contributed by atoms with van der Waals surface area (Å²) in [4.78, 5) is 23.3. The van der Waals surface area contributed by atoms with Crippen LogP contribution in [0, 0.1) is 0 Å². The topological polar surface area (TPSA) is 64.6 Å². The molecule has 132 valence electrons. The van der Waals surface area contributed by atoms with Crippen molar-refractivity contribution in [1.29, 1.82) is 0 Å². The minimum absolute atomic E-state index is 0.0393. The molecule has 0 aromatic heterocycles. The maximum Gasteiger partial charge on any atom is 0.224 e. The molecule has 6 heteroatoms. The van der Waals surface area contributed by atoms with Crippen molar-refractivity contribution in [2.45, 2.75) is 19.8 Å². The summed E-state index contributed by atoms with van der Waals surface area (Å²) in [7, 11) is 1.52. The van der Waals surface area contributed by atoms with Crippen LogP contribution in [0.1, 0.15) is 30.1 Å². The second-order valence-electron chi connectivity index (χ2n) is 5.43. The smallest absolute Gasteiger partial charge is 0.224 e. The SMILES string of the molecule is COc1cc(C(C)=O)ccc1OCCCC(=O)Nc1cccc(Cl)c1. The fourth-order valence-electron chi connectivity index (χ4n) is 2.21. The Morgan fingerprint density at radius 2 is 1.92 bits per heavy atom. The average Bonchev–Trinajstić information content (AvgIpc) is 2.58. The van der Waals surface area contributed by atoms with E-state index in [4.69, 9.17) is 21.1 Å². The number of methoxy groups -OCH3 is 1. The number of Topliss-reactive ketones (excluding diaryl/α,β-unsaturated/α-hetero) is 1. The highest BCUT2D eigenvalue weighted by Gasteiger charge is 2.09. The number of rotatable bonds is 8. The van der Waals surface area contributed by atoms with Crippen LogP contribution in [0.4, 0.5) is 5.69 Å². The molecule has 0 fully saturated rings. The summed E-state index contributed by atoms with van der Waals surface area (Å²) in [5.74, 6) is 0.895. The van der Waals surface area contributed by atoms with Gasteiger partial charge in [-0.15, -0.1) is 0 Å². The van der Waals surface area contributed by atoms with Crippen molar-refractivity contribution in [2.75, 3.05) is 19.0 Å². The molecule has 0 saturated heterocycles. The van der Waals surface area contributed by atoms with Crippen LogP contribution in [0.2, 0.25) is 5.02 Å². The van der Waals surface area contributed by atoms with Gasteiger partial charge in [0.15, 0.2) is 17.3 Å². The van der Waals surface area contributed by atoms with E-state index in [1.54, 1.807) is 42.5 Å². The molecule has 2 aromatic rings. The molecule has 1 N–H and O–H groups in total. The number of carbonyl (C=O) groups is 2. The Labute approximate surface area is 151 Å². The van der Waals surface area contributed by atoms with E-state index in [1.165, 1.54) is 14.0 Å². The van der Waals surface area contributed by atoms with Crippen LogP contribution in [0.25, 0.3) is 0 Å². The normalized spacial score (nSPS) is 10.2. The highest BCUT2D eigenvalue weighted by molar-refractivity contribution is 6.30. The van der Waals surface area contributed by atoms with Crippen molar-refractivity contribution >= 4 is 29.0 Å². The van der Waals surface area contributed by atoms with Gasteiger partial charge in [-0.3, -0.25) is 9.59 Å². The number of amides is 1. The van der Waals surface area contributed by atoms with E-state index in [0.717, 1.165) is 0 Å². The van der Waals surface area contributed by atoms with Crippen molar-refractivity contribution < 1.29 is 19.1 Å². The first kappa shape index (κ1) is 18.8. The molecule has 25 heavy (non-hydrogen) atoms. The number of halogens is 1. The molecule has 0 aliphatic carbocycles. The predicted octanol–water partition coefficient (Wildman–Crippen LogP) is 4.35. The van der Waals surface area contributed by atoms with Gasteiger partial charge in [0.2, 0.25) is 5.91 Å². The number of hydrogen-bond donors (Lipinski definition) is 1. The van der Waals surface area contributed by atoms with Crippen LogP contribution in [0.3, 0.4) is 0 Å². The number of nitrogens with one attached hydrogen (secondary N) is 1. The third kappa shape index (κ3) is 5.80. The largest absolute Gasteiger partial charge is 0.493 e.